The Hall–Kier alpha value is -1.02. The monoisotopic (exact) mass is 277 g/mol. The molecule has 1 rings (SSSR count). The molecule has 2 N–H and O–H groups in total. The second-order valence-electron chi connectivity index (χ2n) is 3.43. The van der Waals surface area contributed by atoms with Gasteiger partial charge >= 0.3 is 10.2 Å². The molecule has 2 nitrogen and oxygen atoms in total. The second kappa shape index (κ2) is 3.74. The molecule has 0 saturated heterocycles. The first kappa shape index (κ1) is 14.0. The highest BCUT2D eigenvalue weighted by Crippen LogP contribution is 3.02. The van der Waals surface area contributed by atoms with Crippen LogP contribution in [0.4, 0.5) is 19.4 Å². The largest absolute Gasteiger partial charge is 0.494 e. The number of nitrogens with two attached hydrogens (primary N) is 1. The average Bonchev–Trinajstić information content (AvgIpc) is 2.15. The second-order valence-corrected chi connectivity index (χ2v) is 5.84. The molecule has 0 atom stereocenters. The van der Waals surface area contributed by atoms with Gasteiger partial charge in [0.25, 0.3) is 0 Å². The van der Waals surface area contributed by atoms with Crippen molar-refractivity contribution in [1.29, 1.82) is 0 Å². The quantitative estimate of drug-likeness (QED) is 0.650. The number of benzene rings is 1. The molecule has 1 aromatic carbocycles. The van der Waals surface area contributed by atoms with E-state index >= 15 is 0 Å². The molecule has 0 radical (unpaired) electrons. The minimum atomic E-state index is -9.57. The van der Waals surface area contributed by atoms with Gasteiger partial charge in [-0.25, -0.2) is 0 Å². The summed E-state index contributed by atoms with van der Waals surface area (Å²) < 4.78 is 66.6. The number of halogens is 5. The molecule has 0 fully saturated rings. The Labute approximate surface area is 95.3 Å². The molecule has 0 aliphatic carbocycles. The lowest BCUT2D eigenvalue weighted by Gasteiger charge is -2.40. The van der Waals surface area contributed by atoms with Crippen LogP contribution in [0.15, 0.2) is 29.2 Å². The fourth-order valence-corrected chi connectivity index (χ4v) is 1.72. The number of hydrogen-bond acceptors (Lipinski definition) is 2. The molecule has 0 amide bonds. The zero-order valence-corrected chi connectivity index (χ0v) is 9.53. The Morgan fingerprint density at radius 3 is 1.94 bits per heavy atom. The molecule has 1 aromatic rings. The van der Waals surface area contributed by atoms with Crippen molar-refractivity contribution in [1.82, 2.24) is 0 Å². The number of rotatable bonds is 5. The van der Waals surface area contributed by atoms with Gasteiger partial charge in [0.05, 0.1) is 6.61 Å². The summed E-state index contributed by atoms with van der Waals surface area (Å²) in [4.78, 5) is -1.92. The van der Waals surface area contributed by atoms with Crippen LogP contribution in [0, 0.1) is 0 Å². The molecular weight excluding hydrogens is 265 g/mol. The fraction of sp³-hybridized carbons (Fsp3) is 0.333. The van der Waals surface area contributed by atoms with Crippen molar-refractivity contribution < 1.29 is 24.2 Å². The predicted octanol–water partition coefficient (Wildman–Crippen LogP) is 4.07. The molecule has 8 heteroatoms. The topological polar surface area (TPSA) is 35.2 Å². The minimum absolute atomic E-state index is 0.101. The summed E-state index contributed by atoms with van der Waals surface area (Å²) in [5, 5.41) is 0. The van der Waals surface area contributed by atoms with Gasteiger partial charge < -0.3 is 10.5 Å². The molecule has 100 valence electrons. The molecule has 17 heavy (non-hydrogen) atoms. The van der Waals surface area contributed by atoms with Crippen molar-refractivity contribution in [3.63, 3.8) is 0 Å². The molecule has 0 spiro atoms. The van der Waals surface area contributed by atoms with Crippen LogP contribution >= 0.6 is 10.2 Å². The van der Waals surface area contributed by atoms with Gasteiger partial charge in [-0.15, -0.1) is 0 Å². The lowest BCUT2D eigenvalue weighted by molar-refractivity contribution is 0.313. The smallest absolute Gasteiger partial charge is 0.310 e. The lowest BCUT2D eigenvalue weighted by Crippen LogP contribution is -2.07. The number of hydrogen-bond donors (Lipinski definition) is 1. The third-order valence-electron chi connectivity index (χ3n) is 1.89. The van der Waals surface area contributed by atoms with Gasteiger partial charge in [0.1, 0.15) is 10.6 Å². The van der Waals surface area contributed by atoms with Crippen LogP contribution in [0.25, 0.3) is 0 Å². The summed E-state index contributed by atoms with van der Waals surface area (Å²) in [5.41, 5.74) is 5.19. The zero-order chi connectivity index (χ0) is 13.2. The van der Waals surface area contributed by atoms with Crippen LogP contribution in [-0.2, 0) is 0 Å². The van der Waals surface area contributed by atoms with E-state index in [1.165, 1.54) is 0 Å². The Morgan fingerprint density at radius 1 is 1.00 bits per heavy atom. The summed E-state index contributed by atoms with van der Waals surface area (Å²) in [6.07, 6.45) is 0.531. The average molecular weight is 277 g/mol. The van der Waals surface area contributed by atoms with E-state index in [4.69, 9.17) is 10.5 Å². The molecule has 0 unspecified atom stereocenters. The maximum atomic E-state index is 12.3. The zero-order valence-electron chi connectivity index (χ0n) is 8.71. The Kier molecular flexibility index (Phi) is 3.09. The Balaban J connectivity index is 2.83. The van der Waals surface area contributed by atoms with Crippen LogP contribution in [0.2, 0.25) is 0 Å². The van der Waals surface area contributed by atoms with Gasteiger partial charge in [0.2, 0.25) is 0 Å². The van der Waals surface area contributed by atoms with E-state index in [9.17, 15) is 19.4 Å². The van der Waals surface area contributed by atoms with Crippen molar-refractivity contribution in [2.24, 2.45) is 5.73 Å². The molecule has 0 aromatic heterocycles. The van der Waals surface area contributed by atoms with Crippen LogP contribution in [0.5, 0.6) is 5.75 Å². The Bertz CT molecular complexity index is 387. The van der Waals surface area contributed by atoms with Crippen LogP contribution < -0.4 is 10.5 Å². The van der Waals surface area contributed by atoms with Crippen molar-refractivity contribution in [3.8, 4) is 5.75 Å². The van der Waals surface area contributed by atoms with E-state index in [1.54, 1.807) is 0 Å². The highest BCUT2D eigenvalue weighted by atomic mass is 32.5. The molecular formula is C9H12F5NOS. The first-order chi connectivity index (χ1) is 7.53. The highest BCUT2D eigenvalue weighted by molar-refractivity contribution is 8.45. The molecule has 0 bridgehead atoms. The van der Waals surface area contributed by atoms with Crippen LogP contribution in [0.3, 0.4) is 0 Å². The maximum Gasteiger partial charge on any atom is 0.310 e. The van der Waals surface area contributed by atoms with Crippen molar-refractivity contribution in [2.75, 3.05) is 13.2 Å². The van der Waals surface area contributed by atoms with Crippen LogP contribution in [-0.4, -0.2) is 13.2 Å². The van der Waals surface area contributed by atoms with Gasteiger partial charge in [0.15, 0.2) is 0 Å². The predicted molar refractivity (Wildman–Crippen MR) is 57.0 cm³/mol. The Morgan fingerprint density at radius 2 is 1.53 bits per heavy atom. The van der Waals surface area contributed by atoms with E-state index in [-0.39, 0.29) is 12.4 Å². The summed E-state index contributed by atoms with van der Waals surface area (Å²) >= 11 is 0. The van der Waals surface area contributed by atoms with Crippen molar-refractivity contribution >= 4 is 10.2 Å². The molecule has 0 aliphatic heterocycles. The third-order valence-corrected chi connectivity index (χ3v) is 3.05. The van der Waals surface area contributed by atoms with E-state index in [1.807, 2.05) is 0 Å². The lowest BCUT2D eigenvalue weighted by atomic mass is 10.3. The van der Waals surface area contributed by atoms with E-state index in [0.717, 1.165) is 12.1 Å². The first-order valence-electron chi connectivity index (χ1n) is 4.70. The SMILES string of the molecule is NCCCOc1ccc(S(F)(F)(F)(F)F)cc1. The van der Waals surface area contributed by atoms with Gasteiger partial charge in [-0.2, -0.15) is 0 Å². The summed E-state index contributed by atoms with van der Waals surface area (Å²) in [5.74, 6) is 0.101. The summed E-state index contributed by atoms with van der Waals surface area (Å²) in [7, 11) is -9.57. The minimum Gasteiger partial charge on any atom is -0.494 e. The standard InChI is InChI=1S/C9H12F5NOS/c10-17(11,12,13,14)9-4-2-8(3-5-9)16-7-1-6-15/h2-5H,1,6-7,15H2. The van der Waals surface area contributed by atoms with Crippen molar-refractivity contribution in [2.45, 2.75) is 11.3 Å². The molecule has 0 aliphatic rings. The number of ether oxygens (including phenoxy) is 1. The van der Waals surface area contributed by atoms with Crippen molar-refractivity contribution in [3.05, 3.63) is 24.3 Å². The van der Waals surface area contributed by atoms with Gasteiger partial charge in [-0.3, -0.25) is 0 Å². The molecule has 0 saturated carbocycles. The van der Waals surface area contributed by atoms with Gasteiger partial charge in [-0.05, 0) is 37.2 Å². The van der Waals surface area contributed by atoms with Gasteiger partial charge in [-0.1, -0.05) is 19.4 Å². The summed E-state index contributed by atoms with van der Waals surface area (Å²) in [6.45, 7) is 0.607. The van der Waals surface area contributed by atoms with Crippen LogP contribution in [0.1, 0.15) is 6.42 Å². The molecule has 0 heterocycles. The maximum absolute atomic E-state index is 12.3. The van der Waals surface area contributed by atoms with E-state index < -0.39 is 15.1 Å². The van der Waals surface area contributed by atoms with Gasteiger partial charge in [0, 0.05) is 0 Å². The van der Waals surface area contributed by atoms with E-state index in [0.29, 0.717) is 25.1 Å². The fourth-order valence-electron chi connectivity index (χ4n) is 1.07. The third kappa shape index (κ3) is 4.39. The summed E-state index contributed by atoms with van der Waals surface area (Å²) in [6, 6.07) is 2.37. The highest BCUT2D eigenvalue weighted by Gasteiger charge is 2.65. The van der Waals surface area contributed by atoms with E-state index in [2.05, 4.69) is 0 Å². The normalized spacial score (nSPS) is 16.1. The first-order valence-corrected chi connectivity index (χ1v) is 6.65.